The van der Waals surface area contributed by atoms with Gasteiger partial charge in [-0.2, -0.15) is 9.78 Å². The number of nitrogens with two attached hydrogens (primary N) is 1. The SMILES string of the molecule is CCCc1c(C(=O)N/N=C\c2ccco2)nnn1-c1nonc1N. The number of hydrogen-bond donors (Lipinski definition) is 2. The smallest absolute Gasteiger partial charge is 0.293 e. The molecule has 3 heterocycles. The van der Waals surface area contributed by atoms with E-state index in [0.29, 0.717) is 17.9 Å². The molecule has 0 fully saturated rings. The van der Waals surface area contributed by atoms with Crippen LogP contribution in [0.3, 0.4) is 0 Å². The van der Waals surface area contributed by atoms with Crippen LogP contribution in [0.5, 0.6) is 0 Å². The maximum Gasteiger partial charge on any atom is 0.293 e. The molecule has 0 aliphatic heterocycles. The van der Waals surface area contributed by atoms with E-state index in [9.17, 15) is 4.79 Å². The first-order chi connectivity index (χ1) is 11.7. The van der Waals surface area contributed by atoms with Gasteiger partial charge in [0.15, 0.2) is 5.69 Å². The van der Waals surface area contributed by atoms with Crippen LogP contribution >= 0.6 is 0 Å². The third-order valence-electron chi connectivity index (χ3n) is 3.06. The van der Waals surface area contributed by atoms with Gasteiger partial charge in [-0.1, -0.05) is 18.6 Å². The second-order valence-electron chi connectivity index (χ2n) is 4.73. The van der Waals surface area contributed by atoms with Gasteiger partial charge in [0.25, 0.3) is 5.91 Å². The Morgan fingerprint density at radius 2 is 2.38 bits per heavy atom. The molecule has 0 aliphatic carbocycles. The minimum absolute atomic E-state index is 0.0556. The average molecular weight is 330 g/mol. The van der Waals surface area contributed by atoms with E-state index < -0.39 is 5.91 Å². The molecule has 0 unspecified atom stereocenters. The topological polar surface area (TPSA) is 150 Å². The Morgan fingerprint density at radius 3 is 3.04 bits per heavy atom. The Balaban J connectivity index is 1.83. The van der Waals surface area contributed by atoms with E-state index in [-0.39, 0.29) is 17.3 Å². The van der Waals surface area contributed by atoms with Gasteiger partial charge in [-0.25, -0.2) is 10.1 Å². The van der Waals surface area contributed by atoms with Crippen molar-refractivity contribution in [3.8, 4) is 5.82 Å². The van der Waals surface area contributed by atoms with Crippen molar-refractivity contribution in [3.63, 3.8) is 0 Å². The number of furan rings is 1. The molecular formula is C13H14N8O3. The first kappa shape index (κ1) is 15.4. The summed E-state index contributed by atoms with van der Waals surface area (Å²) in [5, 5.41) is 18.8. The highest BCUT2D eigenvalue weighted by Gasteiger charge is 2.23. The quantitative estimate of drug-likeness (QED) is 0.491. The maximum atomic E-state index is 12.3. The first-order valence-corrected chi connectivity index (χ1v) is 7.10. The van der Waals surface area contributed by atoms with E-state index in [1.807, 2.05) is 6.92 Å². The summed E-state index contributed by atoms with van der Waals surface area (Å²) < 4.78 is 11.0. The molecule has 0 aromatic carbocycles. The van der Waals surface area contributed by atoms with Crippen molar-refractivity contribution < 1.29 is 13.8 Å². The van der Waals surface area contributed by atoms with Gasteiger partial charge in [-0.15, -0.1) is 5.10 Å². The number of aromatic nitrogens is 5. The predicted octanol–water partition coefficient (Wildman–Crippen LogP) is 0.542. The van der Waals surface area contributed by atoms with Crippen LogP contribution in [0.25, 0.3) is 5.82 Å². The molecule has 11 heteroatoms. The fourth-order valence-corrected chi connectivity index (χ4v) is 2.02. The average Bonchev–Trinajstić information content (AvgIpc) is 3.29. The van der Waals surface area contributed by atoms with E-state index in [4.69, 9.17) is 10.2 Å². The summed E-state index contributed by atoms with van der Waals surface area (Å²) in [5.74, 6) is 0.237. The van der Waals surface area contributed by atoms with Gasteiger partial charge < -0.3 is 10.2 Å². The lowest BCUT2D eigenvalue weighted by atomic mass is 10.2. The second-order valence-corrected chi connectivity index (χ2v) is 4.73. The molecular weight excluding hydrogens is 316 g/mol. The molecule has 24 heavy (non-hydrogen) atoms. The van der Waals surface area contributed by atoms with Crippen molar-refractivity contribution in [1.29, 1.82) is 0 Å². The Labute approximate surface area is 135 Å². The van der Waals surface area contributed by atoms with E-state index in [1.54, 1.807) is 12.1 Å². The molecule has 0 atom stereocenters. The molecule has 0 saturated heterocycles. The zero-order valence-corrected chi connectivity index (χ0v) is 12.7. The number of hydrogen-bond acceptors (Lipinski definition) is 9. The van der Waals surface area contributed by atoms with E-state index in [0.717, 1.165) is 6.42 Å². The molecule has 0 saturated carbocycles. The van der Waals surface area contributed by atoms with Crippen molar-refractivity contribution in [3.05, 3.63) is 35.5 Å². The van der Waals surface area contributed by atoms with Gasteiger partial charge in [0.2, 0.25) is 11.6 Å². The number of carbonyl (C=O) groups excluding carboxylic acids is 1. The van der Waals surface area contributed by atoms with Gasteiger partial charge >= 0.3 is 0 Å². The summed E-state index contributed by atoms with van der Waals surface area (Å²) in [4.78, 5) is 12.3. The normalized spacial score (nSPS) is 11.2. The summed E-state index contributed by atoms with van der Waals surface area (Å²) in [6.45, 7) is 1.96. The third kappa shape index (κ3) is 2.99. The fourth-order valence-electron chi connectivity index (χ4n) is 2.02. The standard InChI is InChI=1S/C13H14N8O3/c1-2-4-9-10(13(22)17-15-7-8-5-3-6-23-8)16-20-21(9)12-11(14)18-24-19-12/h3,5-7H,2,4H2,1H3,(H2,14,18)(H,17,22)/b15-7-. The highest BCUT2D eigenvalue weighted by atomic mass is 16.6. The number of rotatable bonds is 6. The number of nitrogens with one attached hydrogen (secondary N) is 1. The Morgan fingerprint density at radius 1 is 1.50 bits per heavy atom. The van der Waals surface area contributed by atoms with Crippen molar-refractivity contribution >= 4 is 17.9 Å². The number of hydrazone groups is 1. The summed E-state index contributed by atoms with van der Waals surface area (Å²) in [6.07, 6.45) is 4.17. The molecule has 124 valence electrons. The van der Waals surface area contributed by atoms with Crippen LogP contribution in [0.1, 0.15) is 35.3 Å². The van der Waals surface area contributed by atoms with Crippen LogP contribution in [-0.2, 0) is 6.42 Å². The molecule has 3 aromatic heterocycles. The summed E-state index contributed by atoms with van der Waals surface area (Å²) in [5.41, 5.74) is 8.69. The molecule has 3 aromatic rings. The van der Waals surface area contributed by atoms with Gasteiger partial charge in [-0.05, 0) is 28.9 Å². The molecule has 3 N–H and O–H groups in total. The zero-order valence-electron chi connectivity index (χ0n) is 12.7. The Bertz CT molecular complexity index is 849. The fraction of sp³-hybridized carbons (Fsp3) is 0.231. The minimum Gasteiger partial charge on any atom is -0.463 e. The Kier molecular flexibility index (Phi) is 4.32. The van der Waals surface area contributed by atoms with Gasteiger partial charge in [0.1, 0.15) is 5.76 Å². The highest BCUT2D eigenvalue weighted by Crippen LogP contribution is 2.17. The monoisotopic (exact) mass is 330 g/mol. The maximum absolute atomic E-state index is 12.3. The van der Waals surface area contributed by atoms with E-state index in [2.05, 4.69) is 35.8 Å². The second kappa shape index (κ2) is 6.73. The molecule has 0 spiro atoms. The first-order valence-electron chi connectivity index (χ1n) is 7.10. The highest BCUT2D eigenvalue weighted by molar-refractivity contribution is 5.94. The van der Waals surface area contributed by atoms with Gasteiger partial charge in [-0.3, -0.25) is 4.79 Å². The van der Waals surface area contributed by atoms with Gasteiger partial charge in [0.05, 0.1) is 18.2 Å². The molecule has 3 rings (SSSR count). The Hall–Kier alpha value is -3.50. The van der Waals surface area contributed by atoms with Crippen molar-refractivity contribution in [2.75, 3.05) is 5.73 Å². The number of amides is 1. The minimum atomic E-state index is -0.512. The van der Waals surface area contributed by atoms with Crippen molar-refractivity contribution in [2.45, 2.75) is 19.8 Å². The zero-order chi connectivity index (χ0) is 16.9. The van der Waals surface area contributed by atoms with Crippen LogP contribution in [0.4, 0.5) is 5.82 Å². The van der Waals surface area contributed by atoms with Crippen molar-refractivity contribution in [2.24, 2.45) is 5.10 Å². The molecule has 11 nitrogen and oxygen atoms in total. The number of anilines is 1. The number of carbonyl (C=O) groups is 1. The summed E-state index contributed by atoms with van der Waals surface area (Å²) in [7, 11) is 0. The lowest BCUT2D eigenvalue weighted by Crippen LogP contribution is -2.20. The van der Waals surface area contributed by atoms with E-state index in [1.165, 1.54) is 17.2 Å². The number of nitrogen functional groups attached to an aromatic ring is 1. The van der Waals surface area contributed by atoms with Gasteiger partial charge in [0, 0.05) is 0 Å². The van der Waals surface area contributed by atoms with Crippen LogP contribution < -0.4 is 11.2 Å². The van der Waals surface area contributed by atoms with Crippen LogP contribution in [0.2, 0.25) is 0 Å². The largest absolute Gasteiger partial charge is 0.463 e. The lowest BCUT2D eigenvalue weighted by Gasteiger charge is -2.03. The summed E-state index contributed by atoms with van der Waals surface area (Å²) >= 11 is 0. The van der Waals surface area contributed by atoms with Crippen LogP contribution in [-0.4, -0.2) is 37.4 Å². The third-order valence-corrected chi connectivity index (χ3v) is 3.06. The lowest BCUT2D eigenvalue weighted by molar-refractivity contribution is 0.0949. The molecule has 0 radical (unpaired) electrons. The summed E-state index contributed by atoms with van der Waals surface area (Å²) in [6, 6.07) is 3.42. The molecule has 0 aliphatic rings. The predicted molar refractivity (Wildman–Crippen MR) is 81.4 cm³/mol. The molecule has 1 amide bonds. The number of nitrogens with zero attached hydrogens (tertiary/aromatic N) is 6. The van der Waals surface area contributed by atoms with Crippen LogP contribution in [0.15, 0.2) is 32.5 Å². The molecule has 0 bridgehead atoms. The van der Waals surface area contributed by atoms with Crippen LogP contribution in [0, 0.1) is 0 Å². The van der Waals surface area contributed by atoms with Crippen molar-refractivity contribution in [1.82, 2.24) is 30.7 Å². The van der Waals surface area contributed by atoms with E-state index >= 15 is 0 Å².